The molecule has 1 unspecified atom stereocenters. The second kappa shape index (κ2) is 5.07. The lowest BCUT2D eigenvalue weighted by Crippen LogP contribution is -2.33. The first-order valence-corrected chi connectivity index (χ1v) is 6.07. The van der Waals surface area contributed by atoms with E-state index in [1.807, 2.05) is 6.92 Å². The van der Waals surface area contributed by atoms with Crippen LogP contribution in [0.25, 0.3) is 0 Å². The minimum atomic E-state index is -0.442. The molecule has 1 N–H and O–H groups in total. The summed E-state index contributed by atoms with van der Waals surface area (Å²) in [4.78, 5) is 25.4. The van der Waals surface area contributed by atoms with Gasteiger partial charge in [0.25, 0.3) is 5.56 Å². The molecule has 18 heavy (non-hydrogen) atoms. The normalized spacial score (nSPS) is 27.6. The maximum Gasteiger partial charge on any atom is 0.330 e. The fraction of sp³-hybridized carbons (Fsp3) is 0.667. The van der Waals surface area contributed by atoms with Crippen molar-refractivity contribution in [3.8, 4) is 0 Å². The van der Waals surface area contributed by atoms with Gasteiger partial charge in [0.15, 0.2) is 0 Å². The third-order valence-corrected chi connectivity index (χ3v) is 3.34. The van der Waals surface area contributed by atoms with E-state index in [1.54, 1.807) is 14.0 Å². The molecule has 2 rings (SSSR count). The van der Waals surface area contributed by atoms with E-state index < -0.39 is 5.69 Å². The average molecular weight is 254 g/mol. The highest BCUT2D eigenvalue weighted by atomic mass is 16.6. The number of ether oxygens (including phenoxy) is 2. The summed E-state index contributed by atoms with van der Waals surface area (Å²) in [6.07, 6.45) is 2.57. The zero-order chi connectivity index (χ0) is 13.3. The van der Waals surface area contributed by atoms with E-state index in [0.717, 1.165) is 6.42 Å². The summed E-state index contributed by atoms with van der Waals surface area (Å²) in [7, 11) is 1.64. The number of H-pyrrole nitrogens is 1. The summed E-state index contributed by atoms with van der Waals surface area (Å²) in [5, 5.41) is 0. The highest BCUT2D eigenvalue weighted by molar-refractivity contribution is 5.02. The number of aryl methyl sites for hydroxylation is 1. The Kier molecular flexibility index (Phi) is 3.68. The topological polar surface area (TPSA) is 73.3 Å². The van der Waals surface area contributed by atoms with Crippen molar-refractivity contribution < 1.29 is 9.47 Å². The van der Waals surface area contributed by atoms with Gasteiger partial charge in [-0.2, -0.15) is 0 Å². The van der Waals surface area contributed by atoms with Gasteiger partial charge >= 0.3 is 5.69 Å². The van der Waals surface area contributed by atoms with Crippen molar-refractivity contribution in [1.82, 2.24) is 9.55 Å². The van der Waals surface area contributed by atoms with Crippen LogP contribution < -0.4 is 11.2 Å². The van der Waals surface area contributed by atoms with Gasteiger partial charge in [0, 0.05) is 25.3 Å². The smallest absolute Gasteiger partial charge is 0.330 e. The fourth-order valence-corrected chi connectivity index (χ4v) is 2.28. The summed E-state index contributed by atoms with van der Waals surface area (Å²) in [5.74, 6) is 0. The van der Waals surface area contributed by atoms with Crippen LogP contribution in [0.5, 0.6) is 0 Å². The molecular weight excluding hydrogens is 236 g/mol. The maximum absolute atomic E-state index is 11.8. The molecule has 0 radical (unpaired) electrons. The lowest BCUT2D eigenvalue weighted by atomic mass is 10.1. The van der Waals surface area contributed by atoms with E-state index in [2.05, 4.69) is 4.98 Å². The van der Waals surface area contributed by atoms with Gasteiger partial charge in [-0.05, 0) is 13.3 Å². The molecule has 2 heterocycles. The largest absolute Gasteiger partial charge is 0.379 e. The summed E-state index contributed by atoms with van der Waals surface area (Å²) in [5.41, 5.74) is -0.307. The number of hydrogen-bond acceptors (Lipinski definition) is 4. The molecule has 1 aliphatic rings. The van der Waals surface area contributed by atoms with Crippen molar-refractivity contribution in [2.75, 3.05) is 7.11 Å². The fourth-order valence-electron chi connectivity index (χ4n) is 2.28. The molecule has 0 bridgehead atoms. The molecule has 1 aromatic heterocycles. The molecule has 100 valence electrons. The molecule has 1 saturated heterocycles. The van der Waals surface area contributed by atoms with Crippen LogP contribution in [0.15, 0.2) is 15.8 Å². The van der Waals surface area contributed by atoms with Crippen LogP contribution in [-0.4, -0.2) is 28.9 Å². The van der Waals surface area contributed by atoms with Gasteiger partial charge < -0.3 is 9.47 Å². The first-order valence-electron chi connectivity index (χ1n) is 6.07. The molecule has 3 atom stereocenters. The zero-order valence-corrected chi connectivity index (χ0v) is 10.8. The van der Waals surface area contributed by atoms with Crippen molar-refractivity contribution in [3.05, 3.63) is 32.6 Å². The molecular formula is C12H18N2O4. The summed E-state index contributed by atoms with van der Waals surface area (Å²) in [6, 6.07) is 0. The number of aromatic amines is 1. The Morgan fingerprint density at radius 2 is 2.28 bits per heavy atom. The molecule has 0 spiro atoms. The summed E-state index contributed by atoms with van der Waals surface area (Å²) < 4.78 is 12.6. The van der Waals surface area contributed by atoms with Gasteiger partial charge in [0.2, 0.25) is 0 Å². The Balaban J connectivity index is 2.31. The van der Waals surface area contributed by atoms with E-state index in [1.165, 1.54) is 10.8 Å². The predicted octanol–water partition coefficient (Wildman–Crippen LogP) is 0.558. The van der Waals surface area contributed by atoms with Gasteiger partial charge in [-0.3, -0.25) is 14.3 Å². The Morgan fingerprint density at radius 3 is 2.83 bits per heavy atom. The minimum absolute atomic E-state index is 0.0147. The average Bonchev–Trinajstić information content (AvgIpc) is 2.76. The van der Waals surface area contributed by atoms with Gasteiger partial charge in [-0.25, -0.2) is 4.79 Å². The van der Waals surface area contributed by atoms with Crippen molar-refractivity contribution in [1.29, 1.82) is 0 Å². The molecule has 1 aliphatic heterocycles. The van der Waals surface area contributed by atoms with Gasteiger partial charge in [0.05, 0.1) is 12.2 Å². The number of aromatic nitrogens is 2. The van der Waals surface area contributed by atoms with Crippen LogP contribution in [0.1, 0.15) is 31.6 Å². The third kappa shape index (κ3) is 2.26. The van der Waals surface area contributed by atoms with Crippen molar-refractivity contribution in [2.24, 2.45) is 0 Å². The van der Waals surface area contributed by atoms with Crippen LogP contribution in [0, 0.1) is 6.92 Å². The molecule has 0 aromatic carbocycles. The van der Waals surface area contributed by atoms with Crippen LogP contribution >= 0.6 is 0 Å². The van der Waals surface area contributed by atoms with Crippen molar-refractivity contribution in [3.63, 3.8) is 0 Å². The summed E-state index contributed by atoms with van der Waals surface area (Å²) in [6.45, 7) is 3.68. The van der Waals surface area contributed by atoms with Gasteiger partial charge in [-0.1, -0.05) is 6.92 Å². The first-order chi connectivity index (χ1) is 8.56. The molecule has 6 nitrogen and oxygen atoms in total. The lowest BCUT2D eigenvalue weighted by molar-refractivity contribution is -0.0302. The van der Waals surface area contributed by atoms with E-state index in [0.29, 0.717) is 12.0 Å². The minimum Gasteiger partial charge on any atom is -0.379 e. The highest BCUT2D eigenvalue weighted by Crippen LogP contribution is 2.30. The first kappa shape index (κ1) is 13.0. The van der Waals surface area contributed by atoms with E-state index in [-0.39, 0.29) is 24.0 Å². The number of methoxy groups -OCH3 is 1. The quantitative estimate of drug-likeness (QED) is 0.855. The van der Waals surface area contributed by atoms with Crippen LogP contribution in [0.3, 0.4) is 0 Å². The molecule has 0 amide bonds. The SMILES string of the molecule is CC[C@H]1O[C@@H](n2cc(C)c(=O)[nH]c2=O)CC1OC. The highest BCUT2D eigenvalue weighted by Gasteiger charge is 2.35. The second-order valence-electron chi connectivity index (χ2n) is 4.53. The Hall–Kier alpha value is -1.40. The monoisotopic (exact) mass is 254 g/mol. The molecule has 1 fully saturated rings. The lowest BCUT2D eigenvalue weighted by Gasteiger charge is -2.15. The van der Waals surface area contributed by atoms with Crippen LogP contribution in [-0.2, 0) is 9.47 Å². The summed E-state index contributed by atoms with van der Waals surface area (Å²) >= 11 is 0. The third-order valence-electron chi connectivity index (χ3n) is 3.34. The zero-order valence-electron chi connectivity index (χ0n) is 10.8. The number of nitrogens with one attached hydrogen (secondary N) is 1. The second-order valence-corrected chi connectivity index (χ2v) is 4.53. The van der Waals surface area contributed by atoms with Crippen LogP contribution in [0.4, 0.5) is 0 Å². The van der Waals surface area contributed by atoms with E-state index in [9.17, 15) is 9.59 Å². The number of hydrogen-bond donors (Lipinski definition) is 1. The molecule has 0 aliphatic carbocycles. The standard InChI is InChI=1S/C12H18N2O4/c1-4-8-9(17-3)5-10(18-8)14-6-7(2)11(15)13-12(14)16/h6,8-10H,4-5H2,1-3H3,(H,13,15,16)/t8-,9?,10-/m1/s1. The predicted molar refractivity (Wildman–Crippen MR) is 65.7 cm³/mol. The number of nitrogens with zero attached hydrogens (tertiary/aromatic N) is 1. The van der Waals surface area contributed by atoms with E-state index in [4.69, 9.17) is 9.47 Å². The van der Waals surface area contributed by atoms with Crippen molar-refractivity contribution >= 4 is 0 Å². The maximum atomic E-state index is 11.8. The van der Waals surface area contributed by atoms with E-state index >= 15 is 0 Å². The van der Waals surface area contributed by atoms with Crippen LogP contribution in [0.2, 0.25) is 0 Å². The molecule has 6 heteroatoms. The Morgan fingerprint density at radius 1 is 1.56 bits per heavy atom. The van der Waals surface area contributed by atoms with Gasteiger partial charge in [0.1, 0.15) is 6.23 Å². The number of rotatable bonds is 3. The molecule has 1 aromatic rings. The Bertz CT molecular complexity index is 522. The van der Waals surface area contributed by atoms with Gasteiger partial charge in [-0.15, -0.1) is 0 Å². The molecule has 0 saturated carbocycles. The van der Waals surface area contributed by atoms with Crippen molar-refractivity contribution in [2.45, 2.75) is 45.1 Å². The Labute approximate surface area is 105 Å².